The number of nitrogens with one attached hydrogen (secondary N) is 2. The molecule has 0 aliphatic heterocycles. The third-order valence-corrected chi connectivity index (χ3v) is 3.12. The van der Waals surface area contributed by atoms with Crippen molar-refractivity contribution >= 4 is 12.0 Å². The number of hydrogen-bond donors (Lipinski definition) is 3. The molecule has 0 spiro atoms. The molecular weight excluding hydrogens is 272 g/mol. The molecule has 2 amide bonds. The van der Waals surface area contributed by atoms with Crippen molar-refractivity contribution in [2.24, 2.45) is 5.92 Å². The molecule has 1 aromatic rings. The first-order valence-corrected chi connectivity index (χ1v) is 6.79. The molecule has 2 unspecified atom stereocenters. The highest BCUT2D eigenvalue weighted by Gasteiger charge is 2.23. The molecule has 0 aliphatic rings. The number of carboxylic acids is 1. The third kappa shape index (κ3) is 5.43. The molecule has 6 heteroatoms. The van der Waals surface area contributed by atoms with Gasteiger partial charge in [0.15, 0.2) is 6.04 Å². The predicted octanol–water partition coefficient (Wildman–Crippen LogP) is 1.78. The summed E-state index contributed by atoms with van der Waals surface area (Å²) in [5.74, 6) is -0.931. The minimum atomic E-state index is -1.11. The number of ether oxygens (including phenoxy) is 1. The SMILES string of the molecule is COCC(NC(=O)NC(C(=O)O)c1ccccc1)C(C)C. The normalized spacial score (nSPS) is 13.5. The van der Waals surface area contributed by atoms with Gasteiger partial charge in [-0.05, 0) is 11.5 Å². The van der Waals surface area contributed by atoms with E-state index in [-0.39, 0.29) is 12.0 Å². The lowest BCUT2D eigenvalue weighted by Gasteiger charge is -2.23. The van der Waals surface area contributed by atoms with E-state index in [4.69, 9.17) is 4.74 Å². The van der Waals surface area contributed by atoms with Crippen molar-refractivity contribution in [2.75, 3.05) is 13.7 Å². The van der Waals surface area contributed by atoms with Gasteiger partial charge in [0.2, 0.25) is 0 Å². The standard InChI is InChI=1S/C15H22N2O4/c1-10(2)12(9-21-3)16-15(20)17-13(14(18)19)11-7-5-4-6-8-11/h4-8,10,12-13H,9H2,1-3H3,(H,18,19)(H2,16,17,20). The van der Waals surface area contributed by atoms with E-state index < -0.39 is 18.0 Å². The Balaban J connectivity index is 2.71. The first-order valence-electron chi connectivity index (χ1n) is 6.79. The maximum absolute atomic E-state index is 12.0. The van der Waals surface area contributed by atoms with Crippen molar-refractivity contribution in [3.8, 4) is 0 Å². The van der Waals surface area contributed by atoms with Crippen LogP contribution in [0.25, 0.3) is 0 Å². The van der Waals surface area contributed by atoms with Crippen LogP contribution in [0.3, 0.4) is 0 Å². The van der Waals surface area contributed by atoms with E-state index in [2.05, 4.69) is 10.6 Å². The molecule has 0 aromatic heterocycles. The number of carbonyl (C=O) groups excluding carboxylic acids is 1. The van der Waals surface area contributed by atoms with Gasteiger partial charge in [0, 0.05) is 7.11 Å². The van der Waals surface area contributed by atoms with E-state index in [0.717, 1.165) is 0 Å². The topological polar surface area (TPSA) is 87.7 Å². The molecule has 0 fully saturated rings. The molecular formula is C15H22N2O4. The Morgan fingerprint density at radius 2 is 1.81 bits per heavy atom. The van der Waals surface area contributed by atoms with E-state index in [0.29, 0.717) is 12.2 Å². The van der Waals surface area contributed by atoms with Crippen molar-refractivity contribution in [1.29, 1.82) is 0 Å². The van der Waals surface area contributed by atoms with Gasteiger partial charge < -0.3 is 20.5 Å². The third-order valence-electron chi connectivity index (χ3n) is 3.12. The van der Waals surface area contributed by atoms with Crippen molar-refractivity contribution < 1.29 is 19.4 Å². The first-order chi connectivity index (χ1) is 9.95. The van der Waals surface area contributed by atoms with Gasteiger partial charge in [0.25, 0.3) is 0 Å². The summed E-state index contributed by atoms with van der Waals surface area (Å²) in [5, 5.41) is 14.5. The number of rotatable bonds is 7. The second kappa shape index (κ2) is 8.26. The highest BCUT2D eigenvalue weighted by molar-refractivity contribution is 5.83. The van der Waals surface area contributed by atoms with Gasteiger partial charge in [0.05, 0.1) is 12.6 Å². The molecule has 1 aromatic carbocycles. The van der Waals surface area contributed by atoms with Crippen LogP contribution < -0.4 is 10.6 Å². The molecule has 0 saturated carbocycles. The average molecular weight is 294 g/mol. The Bertz CT molecular complexity index is 462. The zero-order valence-electron chi connectivity index (χ0n) is 12.5. The van der Waals surface area contributed by atoms with Crippen molar-refractivity contribution in [3.05, 3.63) is 35.9 Å². The number of methoxy groups -OCH3 is 1. The quantitative estimate of drug-likeness (QED) is 0.715. The summed E-state index contributed by atoms with van der Waals surface area (Å²) in [7, 11) is 1.55. The van der Waals surface area contributed by atoms with Crippen LogP contribution in [0.4, 0.5) is 4.79 Å². The molecule has 0 saturated heterocycles. The summed E-state index contributed by atoms with van der Waals surface area (Å²) in [6.07, 6.45) is 0. The van der Waals surface area contributed by atoms with Crippen LogP contribution in [-0.4, -0.2) is 36.9 Å². The van der Waals surface area contributed by atoms with Crippen LogP contribution in [0.2, 0.25) is 0 Å². The second-order valence-corrected chi connectivity index (χ2v) is 5.11. The van der Waals surface area contributed by atoms with Crippen LogP contribution in [0, 0.1) is 5.92 Å². The second-order valence-electron chi connectivity index (χ2n) is 5.11. The lowest BCUT2D eigenvalue weighted by molar-refractivity contribution is -0.139. The fourth-order valence-electron chi connectivity index (χ4n) is 1.85. The Morgan fingerprint density at radius 1 is 1.19 bits per heavy atom. The van der Waals surface area contributed by atoms with Crippen LogP contribution in [0.1, 0.15) is 25.5 Å². The number of aliphatic carboxylic acids is 1. The van der Waals surface area contributed by atoms with E-state index in [1.807, 2.05) is 13.8 Å². The Labute approximate surface area is 124 Å². The molecule has 0 bridgehead atoms. The number of amides is 2. The summed E-state index contributed by atoms with van der Waals surface area (Å²) in [4.78, 5) is 23.3. The summed E-state index contributed by atoms with van der Waals surface area (Å²) in [5.41, 5.74) is 0.521. The van der Waals surface area contributed by atoms with E-state index in [1.54, 1.807) is 37.4 Å². The monoisotopic (exact) mass is 294 g/mol. The van der Waals surface area contributed by atoms with Crippen LogP contribution in [0.5, 0.6) is 0 Å². The van der Waals surface area contributed by atoms with Gasteiger partial charge in [0.1, 0.15) is 0 Å². The number of benzene rings is 1. The fraction of sp³-hybridized carbons (Fsp3) is 0.467. The van der Waals surface area contributed by atoms with Crippen molar-refractivity contribution in [1.82, 2.24) is 10.6 Å². The van der Waals surface area contributed by atoms with Gasteiger partial charge in [-0.1, -0.05) is 44.2 Å². The largest absolute Gasteiger partial charge is 0.479 e. The highest BCUT2D eigenvalue weighted by Crippen LogP contribution is 2.12. The van der Waals surface area contributed by atoms with Crippen molar-refractivity contribution in [3.63, 3.8) is 0 Å². The Hall–Kier alpha value is -2.08. The minimum absolute atomic E-state index is 0.177. The van der Waals surface area contributed by atoms with Gasteiger partial charge in [-0.25, -0.2) is 9.59 Å². The Kier molecular flexibility index (Phi) is 6.68. The summed E-state index contributed by atoms with van der Waals surface area (Å²) in [6.45, 7) is 4.28. The highest BCUT2D eigenvalue weighted by atomic mass is 16.5. The zero-order valence-corrected chi connectivity index (χ0v) is 12.5. The summed E-state index contributed by atoms with van der Waals surface area (Å²) in [6, 6.07) is 6.78. The molecule has 0 aliphatic carbocycles. The predicted molar refractivity (Wildman–Crippen MR) is 79.0 cm³/mol. The van der Waals surface area contributed by atoms with Gasteiger partial charge >= 0.3 is 12.0 Å². The molecule has 6 nitrogen and oxygen atoms in total. The number of hydrogen-bond acceptors (Lipinski definition) is 3. The fourth-order valence-corrected chi connectivity index (χ4v) is 1.85. The molecule has 116 valence electrons. The zero-order chi connectivity index (χ0) is 15.8. The van der Waals surface area contributed by atoms with Crippen LogP contribution >= 0.6 is 0 Å². The van der Waals surface area contributed by atoms with E-state index >= 15 is 0 Å². The lowest BCUT2D eigenvalue weighted by Crippen LogP contribution is -2.48. The Morgan fingerprint density at radius 3 is 2.29 bits per heavy atom. The molecule has 3 N–H and O–H groups in total. The molecule has 21 heavy (non-hydrogen) atoms. The van der Waals surface area contributed by atoms with E-state index in [9.17, 15) is 14.7 Å². The smallest absolute Gasteiger partial charge is 0.330 e. The minimum Gasteiger partial charge on any atom is -0.479 e. The molecule has 1 rings (SSSR count). The van der Waals surface area contributed by atoms with Gasteiger partial charge in [-0.2, -0.15) is 0 Å². The maximum atomic E-state index is 12.0. The number of carboxylic acid groups (broad SMARTS) is 1. The van der Waals surface area contributed by atoms with Crippen molar-refractivity contribution in [2.45, 2.75) is 25.9 Å². The van der Waals surface area contributed by atoms with E-state index in [1.165, 1.54) is 0 Å². The van der Waals surface area contributed by atoms with Crippen LogP contribution in [-0.2, 0) is 9.53 Å². The lowest BCUT2D eigenvalue weighted by atomic mass is 10.1. The summed E-state index contributed by atoms with van der Waals surface area (Å²) < 4.78 is 5.04. The van der Waals surface area contributed by atoms with Crippen LogP contribution in [0.15, 0.2) is 30.3 Å². The number of urea groups is 1. The maximum Gasteiger partial charge on any atom is 0.330 e. The summed E-state index contributed by atoms with van der Waals surface area (Å²) >= 11 is 0. The first kappa shape index (κ1) is 17.0. The number of carbonyl (C=O) groups is 2. The molecule has 2 atom stereocenters. The molecule has 0 radical (unpaired) electrons. The van der Waals surface area contributed by atoms with Gasteiger partial charge in [-0.3, -0.25) is 0 Å². The molecule has 0 heterocycles. The average Bonchev–Trinajstić information content (AvgIpc) is 2.44. The van der Waals surface area contributed by atoms with Gasteiger partial charge in [-0.15, -0.1) is 0 Å².